The second-order valence-corrected chi connectivity index (χ2v) is 9.08. The quantitative estimate of drug-likeness (QED) is 0.630. The van der Waals surface area contributed by atoms with Crippen LogP contribution in [0.2, 0.25) is 0 Å². The summed E-state index contributed by atoms with van der Waals surface area (Å²) in [7, 11) is 1.64. The molecule has 1 amide bonds. The summed E-state index contributed by atoms with van der Waals surface area (Å²) in [6.45, 7) is 8.06. The number of piperidine rings is 2. The second kappa shape index (κ2) is 10.8. The van der Waals surface area contributed by atoms with Gasteiger partial charge in [-0.15, -0.1) is 0 Å². The number of aromatic nitrogens is 2. The first kappa shape index (κ1) is 22.6. The molecular formula is C24H35N5O3. The Labute approximate surface area is 190 Å². The van der Waals surface area contributed by atoms with Crippen LogP contribution in [-0.4, -0.2) is 67.3 Å². The largest absolute Gasteiger partial charge is 0.497 e. The Morgan fingerprint density at radius 3 is 2.69 bits per heavy atom. The number of amides is 1. The van der Waals surface area contributed by atoms with Gasteiger partial charge in [0, 0.05) is 37.7 Å². The van der Waals surface area contributed by atoms with Gasteiger partial charge in [0.25, 0.3) is 0 Å². The van der Waals surface area contributed by atoms with Gasteiger partial charge in [0.1, 0.15) is 5.75 Å². The minimum Gasteiger partial charge on any atom is -0.497 e. The molecule has 2 aliphatic rings. The fourth-order valence-corrected chi connectivity index (χ4v) is 4.68. The summed E-state index contributed by atoms with van der Waals surface area (Å²) in [5.74, 6) is 2.39. The lowest BCUT2D eigenvalue weighted by atomic mass is 9.96. The van der Waals surface area contributed by atoms with E-state index in [4.69, 9.17) is 9.26 Å². The zero-order valence-electron chi connectivity index (χ0n) is 19.3. The first-order valence-electron chi connectivity index (χ1n) is 11.9. The highest BCUT2D eigenvalue weighted by Crippen LogP contribution is 2.26. The number of rotatable bonds is 8. The van der Waals surface area contributed by atoms with Crippen LogP contribution < -0.4 is 15.0 Å². The molecule has 0 unspecified atom stereocenters. The topological polar surface area (TPSA) is 83.7 Å². The average Bonchev–Trinajstić information content (AvgIpc) is 3.32. The van der Waals surface area contributed by atoms with E-state index in [-0.39, 0.29) is 11.8 Å². The standard InChI is InChI=1S/C24H35N5O3/c1-18-5-3-13-28(17-18)14-4-12-25-23(30)20-10-15-29(16-11-20)24-26-22(27-32-24)19-6-8-21(31-2)9-7-19/h6-9,18,20H,3-5,10-17H2,1-2H3,(H,25,30)/t18-/m1/s1. The molecule has 8 nitrogen and oxygen atoms in total. The minimum atomic E-state index is 0.0604. The van der Waals surface area contributed by atoms with Crippen molar-refractivity contribution in [3.8, 4) is 17.1 Å². The number of nitrogens with one attached hydrogen (secondary N) is 1. The zero-order chi connectivity index (χ0) is 22.3. The van der Waals surface area contributed by atoms with Crippen LogP contribution in [0, 0.1) is 11.8 Å². The van der Waals surface area contributed by atoms with Gasteiger partial charge in [-0.2, -0.15) is 4.98 Å². The monoisotopic (exact) mass is 441 g/mol. The zero-order valence-corrected chi connectivity index (χ0v) is 19.3. The highest BCUT2D eigenvalue weighted by molar-refractivity contribution is 5.78. The van der Waals surface area contributed by atoms with E-state index in [1.54, 1.807) is 7.11 Å². The van der Waals surface area contributed by atoms with E-state index in [0.717, 1.165) is 62.7 Å². The number of hydrogen-bond acceptors (Lipinski definition) is 7. The van der Waals surface area contributed by atoms with Crippen LogP contribution in [0.5, 0.6) is 5.75 Å². The molecule has 2 fully saturated rings. The van der Waals surface area contributed by atoms with Gasteiger partial charge >= 0.3 is 6.01 Å². The van der Waals surface area contributed by atoms with E-state index in [0.29, 0.717) is 11.8 Å². The molecule has 1 N–H and O–H groups in total. The molecule has 0 saturated carbocycles. The minimum absolute atomic E-state index is 0.0604. The summed E-state index contributed by atoms with van der Waals surface area (Å²) < 4.78 is 10.7. The van der Waals surface area contributed by atoms with Gasteiger partial charge in [0.2, 0.25) is 11.7 Å². The highest BCUT2D eigenvalue weighted by atomic mass is 16.5. The van der Waals surface area contributed by atoms with E-state index in [2.05, 4.69) is 32.2 Å². The molecule has 0 aliphatic carbocycles. The maximum atomic E-state index is 12.6. The van der Waals surface area contributed by atoms with Crippen molar-refractivity contribution in [2.24, 2.45) is 11.8 Å². The number of hydrogen-bond donors (Lipinski definition) is 1. The lowest BCUT2D eigenvalue weighted by Crippen LogP contribution is -2.41. The Morgan fingerprint density at radius 2 is 1.97 bits per heavy atom. The molecule has 32 heavy (non-hydrogen) atoms. The first-order valence-corrected chi connectivity index (χ1v) is 11.9. The Balaban J connectivity index is 1.18. The summed E-state index contributed by atoms with van der Waals surface area (Å²) in [5.41, 5.74) is 0.883. The molecule has 8 heteroatoms. The fraction of sp³-hybridized carbons (Fsp3) is 0.625. The Kier molecular flexibility index (Phi) is 7.63. The molecule has 1 atom stereocenters. The molecule has 0 radical (unpaired) electrons. The van der Waals surface area contributed by atoms with Gasteiger partial charge < -0.3 is 24.4 Å². The van der Waals surface area contributed by atoms with Crippen molar-refractivity contribution in [2.75, 3.05) is 51.3 Å². The van der Waals surface area contributed by atoms with Gasteiger partial charge in [-0.3, -0.25) is 4.79 Å². The van der Waals surface area contributed by atoms with Crippen molar-refractivity contribution in [1.29, 1.82) is 0 Å². The molecular weight excluding hydrogens is 406 g/mol. The molecule has 0 bridgehead atoms. The third-order valence-electron chi connectivity index (χ3n) is 6.59. The van der Waals surface area contributed by atoms with Crippen LogP contribution in [0.3, 0.4) is 0 Å². The van der Waals surface area contributed by atoms with Crippen molar-refractivity contribution in [3.63, 3.8) is 0 Å². The normalized spacial score (nSPS) is 20.3. The van der Waals surface area contributed by atoms with Crippen molar-refractivity contribution >= 4 is 11.9 Å². The van der Waals surface area contributed by atoms with Gasteiger partial charge in [-0.25, -0.2) is 0 Å². The Hall–Kier alpha value is -2.61. The first-order chi connectivity index (χ1) is 15.6. The number of anilines is 1. The fourth-order valence-electron chi connectivity index (χ4n) is 4.68. The molecule has 1 aromatic carbocycles. The smallest absolute Gasteiger partial charge is 0.324 e. The van der Waals surface area contributed by atoms with Crippen LogP contribution in [0.15, 0.2) is 28.8 Å². The van der Waals surface area contributed by atoms with Gasteiger partial charge in [0.15, 0.2) is 0 Å². The van der Waals surface area contributed by atoms with Crippen molar-refractivity contribution in [3.05, 3.63) is 24.3 Å². The number of benzene rings is 1. The average molecular weight is 442 g/mol. The van der Waals surface area contributed by atoms with Crippen molar-refractivity contribution in [1.82, 2.24) is 20.4 Å². The Bertz CT molecular complexity index is 861. The van der Waals surface area contributed by atoms with Crippen LogP contribution >= 0.6 is 0 Å². The van der Waals surface area contributed by atoms with E-state index in [9.17, 15) is 4.79 Å². The Morgan fingerprint density at radius 1 is 1.19 bits per heavy atom. The molecule has 174 valence electrons. The van der Waals surface area contributed by atoms with Crippen LogP contribution in [0.1, 0.15) is 39.0 Å². The molecule has 3 heterocycles. The summed E-state index contributed by atoms with van der Waals surface area (Å²) >= 11 is 0. The van der Waals surface area contributed by atoms with Crippen LogP contribution in [0.25, 0.3) is 11.4 Å². The van der Waals surface area contributed by atoms with Gasteiger partial charge in [-0.1, -0.05) is 12.1 Å². The molecule has 2 aliphatic heterocycles. The molecule has 1 aromatic heterocycles. The number of ether oxygens (including phenoxy) is 1. The van der Waals surface area contributed by atoms with Crippen LogP contribution in [0.4, 0.5) is 6.01 Å². The van der Waals surface area contributed by atoms with E-state index in [1.165, 1.54) is 25.9 Å². The summed E-state index contributed by atoms with van der Waals surface area (Å²) in [6.07, 6.45) is 5.27. The summed E-state index contributed by atoms with van der Waals surface area (Å²) in [4.78, 5) is 21.7. The maximum Gasteiger partial charge on any atom is 0.324 e. The third-order valence-corrected chi connectivity index (χ3v) is 6.59. The summed E-state index contributed by atoms with van der Waals surface area (Å²) in [6, 6.07) is 8.10. The molecule has 2 saturated heterocycles. The molecule has 4 rings (SSSR count). The van der Waals surface area contributed by atoms with Crippen LogP contribution in [-0.2, 0) is 4.79 Å². The highest BCUT2D eigenvalue weighted by Gasteiger charge is 2.27. The number of carbonyl (C=O) groups is 1. The van der Waals surface area contributed by atoms with E-state index < -0.39 is 0 Å². The van der Waals surface area contributed by atoms with Crippen molar-refractivity contribution < 1.29 is 14.1 Å². The number of likely N-dealkylation sites (tertiary alicyclic amines) is 1. The van der Waals surface area contributed by atoms with Crippen molar-refractivity contribution in [2.45, 2.75) is 39.0 Å². The lowest BCUT2D eigenvalue weighted by Gasteiger charge is -2.31. The summed E-state index contributed by atoms with van der Waals surface area (Å²) in [5, 5.41) is 7.26. The predicted molar refractivity (Wildman–Crippen MR) is 124 cm³/mol. The number of methoxy groups -OCH3 is 1. The lowest BCUT2D eigenvalue weighted by molar-refractivity contribution is -0.125. The molecule has 2 aromatic rings. The van der Waals surface area contributed by atoms with E-state index in [1.807, 2.05) is 24.3 Å². The van der Waals surface area contributed by atoms with Gasteiger partial charge in [0.05, 0.1) is 7.11 Å². The molecule has 0 spiro atoms. The SMILES string of the molecule is COc1ccc(-c2noc(N3CCC(C(=O)NCCCN4CCC[C@@H](C)C4)CC3)n2)cc1. The number of nitrogens with zero attached hydrogens (tertiary/aromatic N) is 4. The predicted octanol–water partition coefficient (Wildman–Crippen LogP) is 3.20. The second-order valence-electron chi connectivity index (χ2n) is 9.08. The number of carbonyl (C=O) groups excluding carboxylic acids is 1. The van der Waals surface area contributed by atoms with E-state index >= 15 is 0 Å². The van der Waals surface area contributed by atoms with Gasteiger partial charge in [-0.05, 0) is 75.4 Å². The maximum absolute atomic E-state index is 12.6. The third kappa shape index (κ3) is 5.79.